The number of hydrogen-bond acceptors (Lipinski definition) is 2. The molecule has 20 heavy (non-hydrogen) atoms. The molecular formula is C14H20F4O2. The molecule has 0 aromatic carbocycles. The van der Waals surface area contributed by atoms with E-state index in [-0.39, 0.29) is 18.1 Å². The molecule has 116 valence electrons. The summed E-state index contributed by atoms with van der Waals surface area (Å²) in [6, 6.07) is 0. The Labute approximate surface area is 116 Å². The van der Waals surface area contributed by atoms with Gasteiger partial charge in [-0.1, -0.05) is 6.92 Å². The maximum Gasteiger partial charge on any atom is 0.442 e. The highest BCUT2D eigenvalue weighted by Gasteiger charge is 2.36. The second-order valence-electron chi connectivity index (χ2n) is 5.83. The van der Waals surface area contributed by atoms with E-state index in [1.807, 2.05) is 6.92 Å². The summed E-state index contributed by atoms with van der Waals surface area (Å²) >= 11 is 0. The lowest BCUT2D eigenvalue weighted by Crippen LogP contribution is -2.37. The van der Waals surface area contributed by atoms with Crippen LogP contribution in [-0.2, 0) is 9.47 Å². The van der Waals surface area contributed by atoms with Crippen molar-refractivity contribution in [3.05, 3.63) is 11.9 Å². The van der Waals surface area contributed by atoms with Crippen LogP contribution in [0.15, 0.2) is 11.9 Å². The van der Waals surface area contributed by atoms with Crippen molar-refractivity contribution in [3.63, 3.8) is 0 Å². The summed E-state index contributed by atoms with van der Waals surface area (Å²) in [5.74, 6) is -1.72. The van der Waals surface area contributed by atoms with Crippen molar-refractivity contribution in [1.29, 1.82) is 0 Å². The van der Waals surface area contributed by atoms with Crippen LogP contribution in [0.5, 0.6) is 0 Å². The minimum Gasteiger partial charge on any atom is -0.352 e. The molecule has 0 N–H and O–H groups in total. The smallest absolute Gasteiger partial charge is 0.352 e. The fourth-order valence-electron chi connectivity index (χ4n) is 2.77. The first-order valence-corrected chi connectivity index (χ1v) is 7.04. The lowest BCUT2D eigenvalue weighted by molar-refractivity contribution is -0.226. The van der Waals surface area contributed by atoms with Crippen molar-refractivity contribution >= 4 is 0 Å². The molecule has 0 atom stereocenters. The van der Waals surface area contributed by atoms with E-state index in [1.54, 1.807) is 0 Å². The highest BCUT2D eigenvalue weighted by molar-refractivity contribution is 5.03. The van der Waals surface area contributed by atoms with Crippen molar-refractivity contribution < 1.29 is 27.0 Å². The highest BCUT2D eigenvalue weighted by Crippen LogP contribution is 2.36. The lowest BCUT2D eigenvalue weighted by Gasteiger charge is -2.36. The van der Waals surface area contributed by atoms with Gasteiger partial charge >= 0.3 is 6.18 Å². The Morgan fingerprint density at radius 2 is 1.60 bits per heavy atom. The molecule has 2 nitrogen and oxygen atoms in total. The third kappa shape index (κ3) is 4.19. The van der Waals surface area contributed by atoms with Crippen LogP contribution < -0.4 is 0 Å². The minimum atomic E-state index is -4.86. The van der Waals surface area contributed by atoms with E-state index in [4.69, 9.17) is 9.47 Å². The monoisotopic (exact) mass is 296 g/mol. The van der Waals surface area contributed by atoms with Crippen LogP contribution in [0, 0.1) is 17.8 Å². The molecule has 1 heterocycles. The van der Waals surface area contributed by atoms with E-state index in [1.165, 1.54) is 0 Å². The number of alkyl halides is 3. The molecule has 2 aliphatic rings. The molecule has 1 aliphatic heterocycles. The average molecular weight is 296 g/mol. The Hall–Kier alpha value is -0.620. The number of ether oxygens (including phenoxy) is 2. The summed E-state index contributed by atoms with van der Waals surface area (Å²) in [4.78, 5) is 0. The fraction of sp³-hybridized carbons (Fsp3) is 0.857. The van der Waals surface area contributed by atoms with Crippen molar-refractivity contribution in [1.82, 2.24) is 0 Å². The van der Waals surface area contributed by atoms with E-state index in [9.17, 15) is 17.6 Å². The van der Waals surface area contributed by atoms with Gasteiger partial charge in [0.05, 0.1) is 13.2 Å². The third-order valence-corrected chi connectivity index (χ3v) is 3.94. The molecular weight excluding hydrogens is 276 g/mol. The van der Waals surface area contributed by atoms with Gasteiger partial charge in [0, 0.05) is 11.8 Å². The molecule has 2 fully saturated rings. The molecule has 0 aromatic heterocycles. The molecule has 1 saturated heterocycles. The number of hydrogen-bond donors (Lipinski definition) is 0. The molecule has 0 aromatic rings. The summed E-state index contributed by atoms with van der Waals surface area (Å²) in [5, 5.41) is 0. The quantitative estimate of drug-likeness (QED) is 0.710. The zero-order valence-corrected chi connectivity index (χ0v) is 11.5. The Morgan fingerprint density at radius 1 is 1.05 bits per heavy atom. The molecule has 0 amide bonds. The first-order valence-electron chi connectivity index (χ1n) is 7.04. The van der Waals surface area contributed by atoms with Gasteiger partial charge in [0.25, 0.3) is 0 Å². The maximum absolute atomic E-state index is 12.9. The Kier molecular flexibility index (Phi) is 5.07. The second-order valence-corrected chi connectivity index (χ2v) is 5.83. The van der Waals surface area contributed by atoms with Crippen molar-refractivity contribution in [2.24, 2.45) is 17.8 Å². The predicted octanol–water partition coefficient (Wildman–Crippen LogP) is 4.22. The number of halogens is 4. The largest absolute Gasteiger partial charge is 0.442 e. The zero-order chi connectivity index (χ0) is 14.8. The Bertz CT molecular complexity index is 338. The summed E-state index contributed by atoms with van der Waals surface area (Å²) < 4.78 is 60.5. The van der Waals surface area contributed by atoms with E-state index in [2.05, 4.69) is 0 Å². The van der Waals surface area contributed by atoms with Crippen LogP contribution in [0.4, 0.5) is 17.6 Å². The number of allylic oxidation sites excluding steroid dienone is 2. The summed E-state index contributed by atoms with van der Waals surface area (Å²) in [6.45, 7) is 3.36. The molecule has 6 heteroatoms. The summed E-state index contributed by atoms with van der Waals surface area (Å²) in [7, 11) is 0. The van der Waals surface area contributed by atoms with Crippen LogP contribution in [0.1, 0.15) is 32.6 Å². The number of rotatable bonds is 2. The molecule has 2 rings (SSSR count). The molecule has 0 bridgehead atoms. The van der Waals surface area contributed by atoms with E-state index in [0.29, 0.717) is 44.8 Å². The van der Waals surface area contributed by atoms with Crippen molar-refractivity contribution in [2.45, 2.75) is 45.1 Å². The van der Waals surface area contributed by atoms with Gasteiger partial charge in [-0.05, 0) is 37.7 Å². The fourth-order valence-corrected chi connectivity index (χ4v) is 2.77. The van der Waals surface area contributed by atoms with Gasteiger partial charge in [0.15, 0.2) is 12.1 Å². The first-order chi connectivity index (χ1) is 9.36. The Morgan fingerprint density at radius 3 is 2.10 bits per heavy atom. The van der Waals surface area contributed by atoms with E-state index in [0.717, 1.165) is 6.08 Å². The molecule has 1 aliphatic carbocycles. The van der Waals surface area contributed by atoms with Gasteiger partial charge in [-0.3, -0.25) is 0 Å². The highest BCUT2D eigenvalue weighted by atomic mass is 19.4. The average Bonchev–Trinajstić information content (AvgIpc) is 2.39. The first kappa shape index (κ1) is 15.8. The van der Waals surface area contributed by atoms with Crippen LogP contribution in [0.25, 0.3) is 0 Å². The summed E-state index contributed by atoms with van der Waals surface area (Å²) in [5.41, 5.74) is 0. The van der Waals surface area contributed by atoms with Gasteiger partial charge in [-0.15, -0.1) is 0 Å². The van der Waals surface area contributed by atoms with Crippen LogP contribution in [0.3, 0.4) is 0 Å². The predicted molar refractivity (Wildman–Crippen MR) is 65.6 cm³/mol. The molecule has 0 radical (unpaired) electrons. The van der Waals surface area contributed by atoms with Crippen LogP contribution in [0.2, 0.25) is 0 Å². The van der Waals surface area contributed by atoms with Crippen LogP contribution >= 0.6 is 0 Å². The normalized spacial score (nSPS) is 37.0. The second kappa shape index (κ2) is 6.43. The molecule has 0 spiro atoms. The van der Waals surface area contributed by atoms with Crippen molar-refractivity contribution in [3.8, 4) is 0 Å². The molecule has 1 saturated carbocycles. The van der Waals surface area contributed by atoms with Crippen molar-refractivity contribution in [2.75, 3.05) is 13.2 Å². The zero-order valence-electron chi connectivity index (χ0n) is 11.5. The van der Waals surface area contributed by atoms with Gasteiger partial charge in [-0.2, -0.15) is 13.2 Å². The topological polar surface area (TPSA) is 18.5 Å². The lowest BCUT2D eigenvalue weighted by atomic mass is 9.81. The Balaban J connectivity index is 1.81. The maximum atomic E-state index is 12.9. The molecule has 0 unspecified atom stereocenters. The van der Waals surface area contributed by atoms with E-state index < -0.39 is 12.0 Å². The standard InChI is InChI=1S/C14H20F4O2/c1-9-7-19-13(20-8-9)11-4-2-10(3-5-11)6-12(15)14(16,17)18/h6,9-11,13H,2-5,7-8H2,1H3. The van der Waals surface area contributed by atoms with E-state index >= 15 is 0 Å². The van der Waals surface area contributed by atoms with Gasteiger partial charge in [-0.25, -0.2) is 4.39 Å². The van der Waals surface area contributed by atoms with Gasteiger partial charge in [0.1, 0.15) is 0 Å². The van der Waals surface area contributed by atoms with Gasteiger partial charge in [0.2, 0.25) is 0 Å². The SMILES string of the molecule is CC1COC(C2CCC(C=C(F)C(F)(F)F)CC2)OC1. The van der Waals surface area contributed by atoms with Crippen LogP contribution in [-0.4, -0.2) is 25.7 Å². The third-order valence-electron chi connectivity index (χ3n) is 3.94. The van der Waals surface area contributed by atoms with Gasteiger partial charge < -0.3 is 9.47 Å². The summed E-state index contributed by atoms with van der Waals surface area (Å²) in [6.07, 6.45) is -1.86. The minimum absolute atomic E-state index is 0.209.